The summed E-state index contributed by atoms with van der Waals surface area (Å²) in [5.74, 6) is -1.77. The highest BCUT2D eigenvalue weighted by Gasteiger charge is 2.28. The van der Waals surface area contributed by atoms with E-state index >= 15 is 0 Å². The van der Waals surface area contributed by atoms with Crippen LogP contribution < -0.4 is 10.2 Å². The first-order valence-corrected chi connectivity index (χ1v) is 15.4. The molecule has 0 radical (unpaired) electrons. The second-order valence-electron chi connectivity index (χ2n) is 12.8. The molecule has 1 aliphatic heterocycles. The smallest absolute Gasteiger partial charge is 0.410 e. The Morgan fingerprint density at radius 3 is 2.33 bits per heavy atom. The van der Waals surface area contributed by atoms with Gasteiger partial charge in [-0.05, 0) is 69.6 Å². The number of hydrogen-bond donors (Lipinski definition) is 1. The number of hydrogen-bond acceptors (Lipinski definition) is 10. The first kappa shape index (κ1) is 33.0. The summed E-state index contributed by atoms with van der Waals surface area (Å²) in [6, 6.07) is 2.41. The van der Waals surface area contributed by atoms with E-state index in [1.54, 1.807) is 36.4 Å². The van der Waals surface area contributed by atoms with Gasteiger partial charge < -0.3 is 29.2 Å². The van der Waals surface area contributed by atoms with Crippen molar-refractivity contribution in [2.45, 2.75) is 65.8 Å². The largest absolute Gasteiger partial charge is 0.457 e. The lowest BCUT2D eigenvalue weighted by Gasteiger charge is -2.35. The minimum Gasteiger partial charge on any atom is -0.457 e. The number of benzene rings is 1. The maximum atomic E-state index is 14.8. The van der Waals surface area contributed by atoms with Crippen molar-refractivity contribution >= 4 is 56.6 Å². The molecule has 0 spiro atoms. The van der Waals surface area contributed by atoms with Crippen molar-refractivity contribution in [3.8, 4) is 0 Å². The molecule has 4 heterocycles. The third-order valence-electron chi connectivity index (χ3n) is 6.86. The molecule has 1 fully saturated rings. The Hall–Kier alpha value is -4.34. The van der Waals surface area contributed by atoms with Gasteiger partial charge in [-0.1, -0.05) is 6.58 Å². The molecule has 1 aromatic carbocycles. The molecule has 246 valence electrons. The van der Waals surface area contributed by atoms with Crippen molar-refractivity contribution in [3.05, 3.63) is 52.4 Å². The predicted molar refractivity (Wildman–Crippen MR) is 170 cm³/mol. The van der Waals surface area contributed by atoms with Crippen LogP contribution in [0, 0.1) is 11.6 Å². The van der Waals surface area contributed by atoms with Crippen LogP contribution in [-0.4, -0.2) is 83.5 Å². The number of nitrogens with one attached hydrogen (secondary N) is 1. The molecule has 1 aliphatic rings. The van der Waals surface area contributed by atoms with E-state index < -0.39 is 28.8 Å². The summed E-state index contributed by atoms with van der Waals surface area (Å²) in [4.78, 5) is 42.6. The highest BCUT2D eigenvalue weighted by Crippen LogP contribution is 2.26. The normalized spacial score (nSPS) is 14.2. The molecule has 0 aliphatic carbocycles. The second kappa shape index (κ2) is 12.5. The van der Waals surface area contributed by atoms with Crippen molar-refractivity contribution in [3.63, 3.8) is 0 Å². The summed E-state index contributed by atoms with van der Waals surface area (Å²) < 4.78 is 43.6. The molecule has 4 aromatic rings. The Bertz CT molecular complexity index is 1820. The van der Waals surface area contributed by atoms with Crippen molar-refractivity contribution in [1.29, 1.82) is 0 Å². The molecule has 46 heavy (non-hydrogen) atoms. The first-order chi connectivity index (χ1) is 21.5. The molecule has 0 atom stereocenters. The van der Waals surface area contributed by atoms with Gasteiger partial charge in [0.2, 0.25) is 11.9 Å². The summed E-state index contributed by atoms with van der Waals surface area (Å²) >= 11 is 3.49. The zero-order valence-corrected chi connectivity index (χ0v) is 28.1. The van der Waals surface area contributed by atoms with Crippen molar-refractivity contribution < 1.29 is 27.8 Å². The number of amides is 1. The van der Waals surface area contributed by atoms with Crippen LogP contribution >= 0.6 is 15.9 Å². The van der Waals surface area contributed by atoms with Gasteiger partial charge in [0, 0.05) is 31.8 Å². The number of carbonyl (C=O) groups is 2. The molecule has 1 amide bonds. The summed E-state index contributed by atoms with van der Waals surface area (Å²) in [7, 11) is 0. The lowest BCUT2D eigenvalue weighted by Crippen LogP contribution is -2.50. The molecule has 16 heteroatoms. The molecule has 0 unspecified atom stereocenters. The number of imidazole rings is 1. The average molecular weight is 705 g/mol. The minimum absolute atomic E-state index is 0.00715. The van der Waals surface area contributed by atoms with Gasteiger partial charge in [-0.2, -0.15) is 19.6 Å². The third-order valence-corrected chi connectivity index (χ3v) is 7.42. The van der Waals surface area contributed by atoms with E-state index in [1.807, 2.05) is 25.7 Å². The van der Waals surface area contributed by atoms with Crippen molar-refractivity contribution in [2.24, 2.45) is 0 Å². The lowest BCUT2D eigenvalue weighted by atomic mass is 10.2. The van der Waals surface area contributed by atoms with Gasteiger partial charge in [0.05, 0.1) is 29.3 Å². The third kappa shape index (κ3) is 7.21. The molecule has 0 saturated carbocycles. The summed E-state index contributed by atoms with van der Waals surface area (Å²) in [6.45, 7) is 16.2. The number of aromatic nitrogens is 6. The summed E-state index contributed by atoms with van der Waals surface area (Å²) in [5.41, 5.74) is -0.658. The number of nitrogens with zero attached hydrogens (tertiary/aromatic N) is 8. The van der Waals surface area contributed by atoms with E-state index in [4.69, 9.17) is 14.5 Å². The molecule has 0 bridgehead atoms. The molecule has 1 saturated heterocycles. The number of piperazine rings is 1. The highest BCUT2D eigenvalue weighted by molar-refractivity contribution is 9.10. The van der Waals surface area contributed by atoms with Gasteiger partial charge in [0.15, 0.2) is 17.3 Å². The number of ether oxygens (including phenoxy) is 2. The van der Waals surface area contributed by atoms with E-state index in [0.717, 1.165) is 6.07 Å². The van der Waals surface area contributed by atoms with E-state index in [0.29, 0.717) is 48.2 Å². The fraction of sp³-hybridized carbons (Fsp3) is 0.467. The Kier molecular flexibility index (Phi) is 8.94. The zero-order chi connectivity index (χ0) is 33.6. The quantitative estimate of drug-likeness (QED) is 0.205. The Morgan fingerprint density at radius 1 is 1.00 bits per heavy atom. The van der Waals surface area contributed by atoms with Crippen LogP contribution in [0.4, 0.5) is 25.5 Å². The first-order valence-electron chi connectivity index (χ1n) is 14.6. The number of fused-ring (bicyclic) bond motifs is 2. The SMILES string of the molecule is C=C(Cn1c(CNc2nc(N3CCN(C(=O)OC(C)(C)C)CC3)nc3c(Br)cnn23)nc2c(F)c(F)ccc21)C(=O)OC(C)(C)C. The van der Waals surface area contributed by atoms with Crippen LogP contribution in [0.15, 0.2) is 35.0 Å². The topological polar surface area (TPSA) is 132 Å². The van der Waals surface area contributed by atoms with Crippen LogP contribution in [-0.2, 0) is 27.4 Å². The van der Waals surface area contributed by atoms with E-state index in [9.17, 15) is 18.4 Å². The standard InChI is InChI=1S/C30H36BrF2N9O4/c1-17(25(43)45-29(2,3)4)16-41-20-9-8-19(32)22(33)23(20)36-21(41)15-34-26-38-27(37-24-18(31)14-35-42(24)26)39-10-12-40(13-11-39)28(44)46-30(5,6)7/h8-9,14H,1,10-13,15-16H2,2-7H3,(H,34,37,38). The molecular formula is C30H36BrF2N9O4. The van der Waals surface area contributed by atoms with Crippen molar-refractivity contribution in [2.75, 3.05) is 36.4 Å². The van der Waals surface area contributed by atoms with E-state index in [1.165, 1.54) is 10.6 Å². The number of rotatable bonds is 7. The van der Waals surface area contributed by atoms with Crippen LogP contribution in [0.5, 0.6) is 0 Å². The molecule has 13 nitrogen and oxygen atoms in total. The van der Waals surface area contributed by atoms with Crippen LogP contribution in [0.2, 0.25) is 0 Å². The summed E-state index contributed by atoms with van der Waals surface area (Å²) in [5, 5.41) is 7.56. The van der Waals surface area contributed by atoms with Crippen LogP contribution in [0.3, 0.4) is 0 Å². The number of anilines is 2. The Balaban J connectivity index is 1.41. The number of carbonyl (C=O) groups excluding carboxylic acids is 2. The maximum absolute atomic E-state index is 14.8. The fourth-order valence-corrected chi connectivity index (χ4v) is 5.12. The van der Waals surface area contributed by atoms with Gasteiger partial charge in [0.1, 0.15) is 22.5 Å². The average Bonchev–Trinajstić information content (AvgIpc) is 3.52. The van der Waals surface area contributed by atoms with E-state index in [2.05, 4.69) is 42.9 Å². The number of esters is 1. The van der Waals surface area contributed by atoms with Gasteiger partial charge in [0.25, 0.3) is 0 Å². The fourth-order valence-electron chi connectivity index (χ4n) is 4.77. The Morgan fingerprint density at radius 2 is 1.67 bits per heavy atom. The molecule has 3 aromatic heterocycles. The molecule has 5 rings (SSSR count). The van der Waals surface area contributed by atoms with Gasteiger partial charge in [-0.15, -0.1) is 0 Å². The van der Waals surface area contributed by atoms with Crippen molar-refractivity contribution in [1.82, 2.24) is 34.0 Å². The monoisotopic (exact) mass is 703 g/mol. The van der Waals surface area contributed by atoms with Gasteiger partial charge >= 0.3 is 12.1 Å². The highest BCUT2D eigenvalue weighted by atomic mass is 79.9. The molecule has 1 N–H and O–H groups in total. The Labute approximate surface area is 272 Å². The van der Waals surface area contributed by atoms with E-state index in [-0.39, 0.29) is 41.6 Å². The lowest BCUT2D eigenvalue weighted by molar-refractivity contribution is -0.150. The molecular weight excluding hydrogens is 668 g/mol. The van der Waals surface area contributed by atoms with Gasteiger partial charge in [-0.25, -0.2) is 23.4 Å². The van der Waals surface area contributed by atoms with Crippen LogP contribution in [0.1, 0.15) is 47.4 Å². The maximum Gasteiger partial charge on any atom is 0.410 e. The van der Waals surface area contributed by atoms with Gasteiger partial charge in [-0.3, -0.25) is 0 Å². The zero-order valence-electron chi connectivity index (χ0n) is 26.5. The predicted octanol–water partition coefficient (Wildman–Crippen LogP) is 5.08. The minimum atomic E-state index is -1.10. The van der Waals surface area contributed by atoms with Crippen LogP contribution in [0.25, 0.3) is 16.7 Å². The summed E-state index contributed by atoms with van der Waals surface area (Å²) in [6.07, 6.45) is 1.20. The second-order valence-corrected chi connectivity index (χ2v) is 13.7. The number of halogens is 3.